The summed E-state index contributed by atoms with van der Waals surface area (Å²) in [5.74, 6) is 0.104. The zero-order valence-electron chi connectivity index (χ0n) is 7.60. The van der Waals surface area contributed by atoms with Crippen molar-refractivity contribution < 1.29 is 19.4 Å². The highest BCUT2D eigenvalue weighted by Crippen LogP contribution is 2.42. The number of carbonyl (C=O) groups is 1. The van der Waals surface area contributed by atoms with Gasteiger partial charge < -0.3 is 14.6 Å². The molecule has 4 heteroatoms. The van der Waals surface area contributed by atoms with Crippen molar-refractivity contribution in [3.05, 3.63) is 0 Å². The summed E-state index contributed by atoms with van der Waals surface area (Å²) >= 11 is 0. The Bertz CT molecular complexity index is 216. The Balaban J connectivity index is 2.09. The summed E-state index contributed by atoms with van der Waals surface area (Å²) in [7, 11) is 1.64. The molecule has 2 fully saturated rings. The van der Waals surface area contributed by atoms with Crippen molar-refractivity contribution in [3.8, 4) is 0 Å². The molecule has 2 aliphatic rings. The number of hydrogen-bond acceptors (Lipinski definition) is 4. The van der Waals surface area contributed by atoms with Crippen LogP contribution in [0.1, 0.15) is 12.8 Å². The van der Waals surface area contributed by atoms with Crippen molar-refractivity contribution in [1.82, 2.24) is 0 Å². The van der Waals surface area contributed by atoms with E-state index in [1.54, 1.807) is 7.11 Å². The van der Waals surface area contributed by atoms with Crippen LogP contribution in [0.4, 0.5) is 0 Å². The number of esters is 1. The number of ether oxygens (including phenoxy) is 2. The van der Waals surface area contributed by atoms with Crippen LogP contribution in [0.2, 0.25) is 0 Å². The van der Waals surface area contributed by atoms with E-state index in [4.69, 9.17) is 14.6 Å². The van der Waals surface area contributed by atoms with E-state index in [-0.39, 0.29) is 36.6 Å². The molecule has 0 unspecified atom stereocenters. The van der Waals surface area contributed by atoms with Crippen molar-refractivity contribution in [2.45, 2.75) is 25.0 Å². The molecule has 4 nitrogen and oxygen atoms in total. The molecule has 1 aliphatic heterocycles. The molecule has 1 saturated heterocycles. The van der Waals surface area contributed by atoms with Crippen molar-refractivity contribution in [2.24, 2.45) is 11.8 Å². The Labute approximate surface area is 76.8 Å². The summed E-state index contributed by atoms with van der Waals surface area (Å²) in [5, 5.41) is 9.15. The first kappa shape index (κ1) is 8.97. The Kier molecular flexibility index (Phi) is 2.26. The first-order valence-corrected chi connectivity index (χ1v) is 4.59. The first-order chi connectivity index (χ1) is 6.26. The molecular formula is C9H14O4. The van der Waals surface area contributed by atoms with Crippen molar-refractivity contribution in [2.75, 3.05) is 13.7 Å². The van der Waals surface area contributed by atoms with Gasteiger partial charge in [-0.2, -0.15) is 0 Å². The predicted octanol–water partition coefficient (Wildman–Crippen LogP) is -0.0547. The maximum atomic E-state index is 11.0. The number of fused-ring (bicyclic) bond motifs is 1. The van der Waals surface area contributed by atoms with Gasteiger partial charge in [0.1, 0.15) is 6.10 Å². The number of aliphatic hydroxyl groups is 1. The third-order valence-electron chi connectivity index (χ3n) is 3.17. The van der Waals surface area contributed by atoms with Crippen LogP contribution in [0.25, 0.3) is 0 Å². The zero-order valence-corrected chi connectivity index (χ0v) is 7.60. The lowest BCUT2D eigenvalue weighted by Crippen LogP contribution is -2.25. The fraction of sp³-hybridized carbons (Fsp3) is 0.889. The molecule has 0 aromatic carbocycles. The van der Waals surface area contributed by atoms with Crippen LogP contribution in [0.3, 0.4) is 0 Å². The molecule has 0 radical (unpaired) electrons. The van der Waals surface area contributed by atoms with E-state index >= 15 is 0 Å². The number of methoxy groups -OCH3 is 1. The van der Waals surface area contributed by atoms with Crippen LogP contribution in [0.5, 0.6) is 0 Å². The molecule has 1 aliphatic carbocycles. The van der Waals surface area contributed by atoms with Gasteiger partial charge in [-0.3, -0.25) is 4.79 Å². The third kappa shape index (κ3) is 1.34. The van der Waals surface area contributed by atoms with Gasteiger partial charge in [0.25, 0.3) is 0 Å². The minimum atomic E-state index is -0.136. The van der Waals surface area contributed by atoms with Gasteiger partial charge in [-0.05, 0) is 0 Å². The SMILES string of the molecule is CO[C@H]1C[C@H]2OC(=O)C[C@H]2[C@@H]1CO. The third-order valence-corrected chi connectivity index (χ3v) is 3.17. The molecule has 1 saturated carbocycles. The number of hydrogen-bond donors (Lipinski definition) is 1. The zero-order chi connectivity index (χ0) is 9.42. The molecule has 2 rings (SSSR count). The molecule has 13 heavy (non-hydrogen) atoms. The summed E-state index contributed by atoms with van der Waals surface area (Å²) in [4.78, 5) is 11.0. The first-order valence-electron chi connectivity index (χ1n) is 4.59. The number of carbonyl (C=O) groups excluding carboxylic acids is 1. The fourth-order valence-electron chi connectivity index (χ4n) is 2.48. The van der Waals surface area contributed by atoms with Crippen LogP contribution in [0.15, 0.2) is 0 Å². The fourth-order valence-corrected chi connectivity index (χ4v) is 2.48. The second kappa shape index (κ2) is 3.27. The van der Waals surface area contributed by atoms with Crippen LogP contribution < -0.4 is 0 Å². The van der Waals surface area contributed by atoms with E-state index in [9.17, 15) is 4.79 Å². The average molecular weight is 186 g/mol. The van der Waals surface area contributed by atoms with E-state index in [2.05, 4.69) is 0 Å². The molecule has 0 bridgehead atoms. The minimum Gasteiger partial charge on any atom is -0.462 e. The summed E-state index contributed by atoms with van der Waals surface area (Å²) in [6, 6.07) is 0. The monoisotopic (exact) mass is 186 g/mol. The summed E-state index contributed by atoms with van der Waals surface area (Å²) < 4.78 is 10.4. The maximum Gasteiger partial charge on any atom is 0.306 e. The van der Waals surface area contributed by atoms with Gasteiger partial charge in [0, 0.05) is 32.0 Å². The van der Waals surface area contributed by atoms with Crippen LogP contribution in [-0.2, 0) is 14.3 Å². The van der Waals surface area contributed by atoms with Gasteiger partial charge in [0.05, 0.1) is 12.5 Å². The van der Waals surface area contributed by atoms with Crippen molar-refractivity contribution in [1.29, 1.82) is 0 Å². The van der Waals surface area contributed by atoms with Crippen molar-refractivity contribution in [3.63, 3.8) is 0 Å². The van der Waals surface area contributed by atoms with Gasteiger partial charge >= 0.3 is 5.97 Å². The number of rotatable bonds is 2. The van der Waals surface area contributed by atoms with Crippen LogP contribution >= 0.6 is 0 Å². The van der Waals surface area contributed by atoms with E-state index in [0.717, 1.165) is 6.42 Å². The second-order valence-corrected chi connectivity index (χ2v) is 3.75. The molecule has 0 aromatic heterocycles. The molecule has 74 valence electrons. The lowest BCUT2D eigenvalue weighted by Gasteiger charge is -2.18. The van der Waals surface area contributed by atoms with Gasteiger partial charge in [0.15, 0.2) is 0 Å². The maximum absolute atomic E-state index is 11.0. The Morgan fingerprint density at radius 1 is 1.69 bits per heavy atom. The van der Waals surface area contributed by atoms with Crippen LogP contribution in [0, 0.1) is 11.8 Å². The van der Waals surface area contributed by atoms with Crippen LogP contribution in [-0.4, -0.2) is 37.0 Å². The summed E-state index contributed by atoms with van der Waals surface area (Å²) in [5.41, 5.74) is 0. The largest absolute Gasteiger partial charge is 0.462 e. The number of aliphatic hydroxyl groups excluding tert-OH is 1. The molecule has 0 aromatic rings. The molecule has 4 atom stereocenters. The summed E-state index contributed by atoms with van der Waals surface area (Å²) in [6.45, 7) is 0.0797. The normalized spacial score (nSPS) is 43.4. The topological polar surface area (TPSA) is 55.8 Å². The van der Waals surface area contributed by atoms with E-state index in [1.807, 2.05) is 0 Å². The molecule has 0 spiro atoms. The van der Waals surface area contributed by atoms with Gasteiger partial charge in [0.2, 0.25) is 0 Å². The Hall–Kier alpha value is -0.610. The average Bonchev–Trinajstić information content (AvgIpc) is 2.59. The summed E-state index contributed by atoms with van der Waals surface area (Å²) in [6.07, 6.45) is 1.20. The van der Waals surface area contributed by atoms with Gasteiger partial charge in [-0.15, -0.1) is 0 Å². The quantitative estimate of drug-likeness (QED) is 0.614. The molecule has 1 heterocycles. The molecular weight excluding hydrogens is 172 g/mol. The highest BCUT2D eigenvalue weighted by atomic mass is 16.6. The Morgan fingerprint density at radius 3 is 3.08 bits per heavy atom. The van der Waals surface area contributed by atoms with Gasteiger partial charge in [-0.25, -0.2) is 0 Å². The van der Waals surface area contributed by atoms with E-state index in [1.165, 1.54) is 0 Å². The predicted molar refractivity (Wildman–Crippen MR) is 44.0 cm³/mol. The second-order valence-electron chi connectivity index (χ2n) is 3.75. The highest BCUT2D eigenvalue weighted by Gasteiger charge is 2.49. The molecule has 1 N–H and O–H groups in total. The lowest BCUT2D eigenvalue weighted by atomic mass is 9.93. The smallest absolute Gasteiger partial charge is 0.306 e. The van der Waals surface area contributed by atoms with E-state index in [0.29, 0.717) is 6.42 Å². The van der Waals surface area contributed by atoms with Gasteiger partial charge in [-0.1, -0.05) is 0 Å². The van der Waals surface area contributed by atoms with E-state index < -0.39 is 0 Å². The molecule has 0 amide bonds. The standard InChI is InChI=1S/C9H14O4/c1-12-7-3-8-5(6(7)4-10)2-9(11)13-8/h5-8,10H,2-4H2,1H3/t5-,6-,7-,8+/m0/s1. The highest BCUT2D eigenvalue weighted by molar-refractivity contribution is 5.72. The lowest BCUT2D eigenvalue weighted by molar-refractivity contribution is -0.142. The van der Waals surface area contributed by atoms with Crippen molar-refractivity contribution >= 4 is 5.97 Å². The Morgan fingerprint density at radius 2 is 2.46 bits per heavy atom. The minimum absolute atomic E-state index is 0.0189.